The normalized spacial score (nSPS) is 14.6. The molecule has 3 rings (SSSR count). The molecule has 0 atom stereocenters. The van der Waals surface area contributed by atoms with E-state index < -0.39 is 0 Å². The highest BCUT2D eigenvalue weighted by Gasteiger charge is 2.17. The first-order valence-corrected chi connectivity index (χ1v) is 9.66. The van der Waals surface area contributed by atoms with Crippen LogP contribution in [0.15, 0.2) is 48.5 Å². The smallest absolute Gasteiger partial charge is 0.244 e. The number of amides is 1. The third-order valence-corrected chi connectivity index (χ3v) is 5.12. The Kier molecular flexibility index (Phi) is 6.66. The van der Waals surface area contributed by atoms with Crippen molar-refractivity contribution in [3.63, 3.8) is 0 Å². The molecular weight excluding hydrogens is 336 g/mol. The van der Waals surface area contributed by atoms with Crippen molar-refractivity contribution >= 4 is 12.0 Å². The Morgan fingerprint density at radius 3 is 2.63 bits per heavy atom. The number of quaternary nitrogens is 1. The van der Waals surface area contributed by atoms with Crippen molar-refractivity contribution in [2.45, 2.75) is 32.9 Å². The summed E-state index contributed by atoms with van der Waals surface area (Å²) in [5, 5.41) is 3.01. The van der Waals surface area contributed by atoms with E-state index in [2.05, 4.69) is 23.5 Å². The highest BCUT2D eigenvalue weighted by atomic mass is 16.5. The van der Waals surface area contributed by atoms with E-state index in [9.17, 15) is 4.79 Å². The maximum Gasteiger partial charge on any atom is 0.244 e. The summed E-state index contributed by atoms with van der Waals surface area (Å²) in [6.45, 7) is 6.12. The Morgan fingerprint density at radius 2 is 1.89 bits per heavy atom. The number of hydrogen-bond acceptors (Lipinski definition) is 2. The Balaban J connectivity index is 1.60. The predicted molar refractivity (Wildman–Crippen MR) is 109 cm³/mol. The number of ether oxygens (including phenoxy) is 1. The van der Waals surface area contributed by atoms with Crippen molar-refractivity contribution in [2.75, 3.05) is 20.2 Å². The van der Waals surface area contributed by atoms with Crippen LogP contribution in [0.2, 0.25) is 0 Å². The van der Waals surface area contributed by atoms with Crippen LogP contribution < -0.4 is 15.0 Å². The number of hydrogen-bond donors (Lipinski definition) is 2. The molecule has 0 aliphatic carbocycles. The van der Waals surface area contributed by atoms with Crippen molar-refractivity contribution in [1.82, 2.24) is 5.32 Å². The molecule has 2 aromatic rings. The van der Waals surface area contributed by atoms with Gasteiger partial charge in [0.1, 0.15) is 12.3 Å². The number of carbonyl (C=O) groups is 1. The first kappa shape index (κ1) is 19.2. The Labute approximate surface area is 161 Å². The van der Waals surface area contributed by atoms with Crippen LogP contribution >= 0.6 is 0 Å². The van der Waals surface area contributed by atoms with Gasteiger partial charge in [0.2, 0.25) is 5.91 Å². The topological polar surface area (TPSA) is 42.8 Å². The molecule has 1 fully saturated rings. The molecule has 2 N–H and O–H groups in total. The fraction of sp³-hybridized carbons (Fsp3) is 0.348. The lowest BCUT2D eigenvalue weighted by molar-refractivity contribution is -0.901. The number of carbonyl (C=O) groups excluding carboxylic acids is 1. The van der Waals surface area contributed by atoms with Gasteiger partial charge in [-0.2, -0.15) is 0 Å². The van der Waals surface area contributed by atoms with Crippen LogP contribution in [0.1, 0.15) is 35.1 Å². The zero-order valence-corrected chi connectivity index (χ0v) is 16.3. The lowest BCUT2D eigenvalue weighted by atomic mass is 10.1. The third kappa shape index (κ3) is 5.44. The van der Waals surface area contributed by atoms with Gasteiger partial charge >= 0.3 is 0 Å². The Morgan fingerprint density at radius 1 is 1.15 bits per heavy atom. The second kappa shape index (κ2) is 9.38. The quantitative estimate of drug-likeness (QED) is 0.741. The molecule has 142 valence electrons. The molecule has 0 saturated carbocycles. The maximum absolute atomic E-state index is 12.3. The average molecular weight is 365 g/mol. The lowest BCUT2D eigenvalue weighted by Gasteiger charge is -2.15. The molecule has 0 unspecified atom stereocenters. The minimum Gasteiger partial charge on any atom is -0.496 e. The third-order valence-electron chi connectivity index (χ3n) is 5.12. The standard InChI is InChI=1S/C23H28N2O2/c1-18-9-11-22(27-2)19(15-18)10-12-23(26)24-16-20-7-3-4-8-21(20)17-25-13-5-6-14-25/h3-4,7-12,15H,5-6,13-14,16-17H2,1-2H3,(H,24,26)/p+1/b12-10+. The van der Waals surface area contributed by atoms with Crippen molar-refractivity contribution in [3.05, 3.63) is 70.8 Å². The molecule has 0 aromatic heterocycles. The number of benzene rings is 2. The molecular formula is C23H29N2O2+. The molecule has 27 heavy (non-hydrogen) atoms. The lowest BCUT2D eigenvalue weighted by Crippen LogP contribution is -3.08. The van der Waals surface area contributed by atoms with Gasteiger partial charge in [0, 0.05) is 36.6 Å². The number of aryl methyl sites for hydroxylation is 1. The number of nitrogens with one attached hydrogen (secondary N) is 2. The summed E-state index contributed by atoms with van der Waals surface area (Å²) in [6, 6.07) is 14.3. The summed E-state index contributed by atoms with van der Waals surface area (Å²) in [5.41, 5.74) is 4.57. The minimum atomic E-state index is -0.0955. The van der Waals surface area contributed by atoms with Crippen LogP contribution in [0.25, 0.3) is 6.08 Å². The summed E-state index contributed by atoms with van der Waals surface area (Å²) in [7, 11) is 1.64. The van der Waals surface area contributed by atoms with Gasteiger partial charge in [0.05, 0.1) is 20.2 Å². The summed E-state index contributed by atoms with van der Waals surface area (Å²) < 4.78 is 5.36. The molecule has 1 heterocycles. The summed E-state index contributed by atoms with van der Waals surface area (Å²) in [4.78, 5) is 13.9. The molecule has 0 radical (unpaired) electrons. The van der Waals surface area contributed by atoms with Gasteiger partial charge in [0.15, 0.2) is 0 Å². The molecule has 4 heteroatoms. The largest absolute Gasteiger partial charge is 0.496 e. The SMILES string of the molecule is COc1ccc(C)cc1/C=C/C(=O)NCc1ccccc1C[NH+]1CCCC1. The molecule has 0 spiro atoms. The van der Waals surface area contributed by atoms with Crippen molar-refractivity contribution < 1.29 is 14.4 Å². The Bertz CT molecular complexity index is 808. The van der Waals surface area contributed by atoms with E-state index in [1.165, 1.54) is 37.1 Å². The van der Waals surface area contributed by atoms with Crippen LogP contribution in [0.3, 0.4) is 0 Å². The zero-order chi connectivity index (χ0) is 19.1. The van der Waals surface area contributed by atoms with E-state index in [1.54, 1.807) is 24.2 Å². The fourth-order valence-corrected chi connectivity index (χ4v) is 3.61. The second-order valence-electron chi connectivity index (χ2n) is 7.20. The number of likely N-dealkylation sites (tertiary alicyclic amines) is 1. The highest BCUT2D eigenvalue weighted by molar-refractivity contribution is 5.92. The van der Waals surface area contributed by atoms with Gasteiger partial charge in [-0.1, -0.05) is 35.9 Å². The molecule has 1 amide bonds. The molecule has 1 saturated heterocycles. The fourth-order valence-electron chi connectivity index (χ4n) is 3.61. The van der Waals surface area contributed by atoms with Crippen LogP contribution in [0, 0.1) is 6.92 Å². The van der Waals surface area contributed by atoms with Gasteiger partial charge in [-0.15, -0.1) is 0 Å². The summed E-state index contributed by atoms with van der Waals surface area (Å²) >= 11 is 0. The van der Waals surface area contributed by atoms with E-state index in [-0.39, 0.29) is 5.91 Å². The summed E-state index contributed by atoms with van der Waals surface area (Å²) in [5.74, 6) is 0.672. The van der Waals surface area contributed by atoms with E-state index in [1.807, 2.05) is 31.2 Å². The van der Waals surface area contributed by atoms with Crippen molar-refractivity contribution in [2.24, 2.45) is 0 Å². The van der Waals surface area contributed by atoms with Crippen LogP contribution in [0.5, 0.6) is 5.75 Å². The second-order valence-corrected chi connectivity index (χ2v) is 7.20. The van der Waals surface area contributed by atoms with Crippen LogP contribution in [-0.4, -0.2) is 26.1 Å². The number of methoxy groups -OCH3 is 1. The monoisotopic (exact) mass is 365 g/mol. The molecule has 1 aliphatic heterocycles. The van der Waals surface area contributed by atoms with Crippen molar-refractivity contribution in [1.29, 1.82) is 0 Å². The molecule has 4 nitrogen and oxygen atoms in total. The number of rotatable bonds is 7. The predicted octanol–water partition coefficient (Wildman–Crippen LogP) is 2.51. The van der Waals surface area contributed by atoms with Gasteiger partial charge in [-0.05, 0) is 30.7 Å². The van der Waals surface area contributed by atoms with Gasteiger partial charge in [-0.25, -0.2) is 0 Å². The van der Waals surface area contributed by atoms with E-state index >= 15 is 0 Å². The first-order valence-electron chi connectivity index (χ1n) is 9.66. The van der Waals surface area contributed by atoms with E-state index in [4.69, 9.17) is 4.74 Å². The van der Waals surface area contributed by atoms with Gasteiger partial charge in [0.25, 0.3) is 0 Å². The Hall–Kier alpha value is -2.59. The summed E-state index contributed by atoms with van der Waals surface area (Å²) in [6.07, 6.45) is 6.02. The first-order chi connectivity index (χ1) is 13.2. The highest BCUT2D eigenvalue weighted by Crippen LogP contribution is 2.20. The molecule has 1 aliphatic rings. The van der Waals surface area contributed by atoms with Crippen LogP contribution in [-0.2, 0) is 17.9 Å². The van der Waals surface area contributed by atoms with Gasteiger partial charge < -0.3 is 15.0 Å². The van der Waals surface area contributed by atoms with Crippen LogP contribution in [0.4, 0.5) is 0 Å². The molecule has 0 bridgehead atoms. The molecule has 2 aromatic carbocycles. The van der Waals surface area contributed by atoms with E-state index in [0.29, 0.717) is 6.54 Å². The van der Waals surface area contributed by atoms with E-state index in [0.717, 1.165) is 23.4 Å². The maximum atomic E-state index is 12.3. The zero-order valence-electron chi connectivity index (χ0n) is 16.3. The average Bonchev–Trinajstić information content (AvgIpc) is 3.19. The minimum absolute atomic E-state index is 0.0955. The van der Waals surface area contributed by atoms with Crippen molar-refractivity contribution in [3.8, 4) is 5.75 Å². The van der Waals surface area contributed by atoms with Gasteiger partial charge in [-0.3, -0.25) is 4.79 Å².